The molecule has 17 heavy (non-hydrogen) atoms. The molecular formula is C12H10ClFN2O. The fraction of sp³-hybridized carbons (Fsp3) is 0.167. The number of aryl methyl sites for hydroxylation is 1. The van der Waals surface area contributed by atoms with E-state index in [2.05, 4.69) is 5.10 Å². The van der Waals surface area contributed by atoms with Crippen LogP contribution in [0.25, 0.3) is 0 Å². The maximum atomic E-state index is 13.6. The molecule has 1 aromatic heterocycles. The third kappa shape index (κ3) is 2.53. The first kappa shape index (κ1) is 11.8. The Morgan fingerprint density at radius 3 is 2.88 bits per heavy atom. The van der Waals surface area contributed by atoms with Crippen molar-refractivity contribution in [2.45, 2.75) is 6.42 Å². The van der Waals surface area contributed by atoms with Crippen LogP contribution in [0.1, 0.15) is 16.1 Å². The van der Waals surface area contributed by atoms with Crippen LogP contribution >= 0.6 is 11.6 Å². The van der Waals surface area contributed by atoms with Crippen LogP contribution in [0.3, 0.4) is 0 Å². The van der Waals surface area contributed by atoms with Crippen molar-refractivity contribution in [2.24, 2.45) is 7.05 Å². The molecule has 0 fully saturated rings. The van der Waals surface area contributed by atoms with Crippen LogP contribution in [-0.2, 0) is 13.5 Å². The maximum absolute atomic E-state index is 13.6. The van der Waals surface area contributed by atoms with Crippen molar-refractivity contribution in [1.82, 2.24) is 9.78 Å². The zero-order valence-corrected chi connectivity index (χ0v) is 9.91. The third-order valence-corrected chi connectivity index (χ3v) is 2.65. The summed E-state index contributed by atoms with van der Waals surface area (Å²) in [7, 11) is 1.76. The van der Waals surface area contributed by atoms with Crippen LogP contribution in [0, 0.1) is 5.82 Å². The lowest BCUT2D eigenvalue weighted by molar-refractivity contribution is 0.0988. The van der Waals surface area contributed by atoms with E-state index >= 15 is 0 Å². The topological polar surface area (TPSA) is 34.9 Å². The average molecular weight is 253 g/mol. The zero-order valence-electron chi connectivity index (χ0n) is 9.15. The van der Waals surface area contributed by atoms with Crippen molar-refractivity contribution in [1.29, 1.82) is 0 Å². The van der Waals surface area contributed by atoms with Gasteiger partial charge >= 0.3 is 0 Å². The fourth-order valence-corrected chi connectivity index (χ4v) is 1.71. The van der Waals surface area contributed by atoms with Gasteiger partial charge in [-0.1, -0.05) is 17.7 Å². The Balaban J connectivity index is 2.23. The lowest BCUT2D eigenvalue weighted by Gasteiger charge is -2.02. The van der Waals surface area contributed by atoms with Crippen molar-refractivity contribution >= 4 is 17.4 Å². The highest BCUT2D eigenvalue weighted by molar-refractivity contribution is 6.31. The highest BCUT2D eigenvalue weighted by atomic mass is 35.5. The molecule has 2 aromatic rings. The molecule has 0 aliphatic rings. The quantitative estimate of drug-likeness (QED) is 0.787. The summed E-state index contributed by atoms with van der Waals surface area (Å²) in [6, 6.07) is 6.11. The molecule has 0 saturated heterocycles. The molecule has 1 aromatic carbocycles. The molecule has 3 nitrogen and oxygen atoms in total. The van der Waals surface area contributed by atoms with Gasteiger partial charge in [-0.25, -0.2) is 4.39 Å². The highest BCUT2D eigenvalue weighted by Gasteiger charge is 2.15. The second-order valence-corrected chi connectivity index (χ2v) is 4.09. The van der Waals surface area contributed by atoms with Crippen molar-refractivity contribution in [3.63, 3.8) is 0 Å². The molecule has 0 spiro atoms. The summed E-state index contributed by atoms with van der Waals surface area (Å²) < 4.78 is 15.2. The van der Waals surface area contributed by atoms with Gasteiger partial charge < -0.3 is 0 Å². The lowest BCUT2D eigenvalue weighted by Crippen LogP contribution is -2.07. The number of carbonyl (C=O) groups excluding carboxylic acids is 1. The number of halogens is 2. The van der Waals surface area contributed by atoms with E-state index in [4.69, 9.17) is 11.6 Å². The van der Waals surface area contributed by atoms with Crippen molar-refractivity contribution in [2.75, 3.05) is 0 Å². The molecule has 1 heterocycles. The summed E-state index contributed by atoms with van der Waals surface area (Å²) in [6.45, 7) is 0. The molecule has 0 N–H and O–H groups in total. The van der Waals surface area contributed by atoms with Crippen LogP contribution in [0.4, 0.5) is 4.39 Å². The minimum Gasteiger partial charge on any atom is -0.294 e. The molecule has 0 saturated carbocycles. The Kier molecular flexibility index (Phi) is 3.24. The molecule has 0 unspecified atom stereocenters. The third-order valence-electron chi connectivity index (χ3n) is 2.36. The molecule has 0 aliphatic carbocycles. The first-order chi connectivity index (χ1) is 8.08. The Morgan fingerprint density at radius 2 is 2.24 bits per heavy atom. The summed E-state index contributed by atoms with van der Waals surface area (Å²) in [6.07, 6.45) is 1.80. The summed E-state index contributed by atoms with van der Waals surface area (Å²) in [5, 5.41) is 4.02. The average Bonchev–Trinajstić information content (AvgIpc) is 2.68. The Morgan fingerprint density at radius 1 is 1.47 bits per heavy atom. The number of aromatic nitrogens is 2. The summed E-state index contributed by atoms with van der Waals surface area (Å²) in [5.74, 6) is -1.00. The van der Waals surface area contributed by atoms with Gasteiger partial charge in [-0.2, -0.15) is 5.10 Å². The number of ketones is 1. The number of Topliss-reactive ketones (excluding diaryl/α,β-unsaturated/α-hetero) is 1. The zero-order chi connectivity index (χ0) is 12.4. The van der Waals surface area contributed by atoms with E-state index in [1.165, 1.54) is 12.1 Å². The maximum Gasteiger partial charge on any atom is 0.171 e. The second-order valence-electron chi connectivity index (χ2n) is 3.68. The van der Waals surface area contributed by atoms with E-state index in [9.17, 15) is 9.18 Å². The van der Waals surface area contributed by atoms with Crippen LogP contribution in [-0.4, -0.2) is 15.6 Å². The number of carbonyl (C=O) groups is 1. The first-order valence-corrected chi connectivity index (χ1v) is 5.41. The minimum atomic E-state index is -0.671. The number of rotatable bonds is 3. The Labute approximate surface area is 103 Å². The second kappa shape index (κ2) is 4.67. The van der Waals surface area contributed by atoms with E-state index in [0.717, 1.165) is 0 Å². The normalized spacial score (nSPS) is 10.5. The molecule has 0 aliphatic heterocycles. The van der Waals surface area contributed by atoms with Gasteiger partial charge in [0.15, 0.2) is 11.6 Å². The van der Waals surface area contributed by atoms with Gasteiger partial charge in [-0.15, -0.1) is 0 Å². The van der Waals surface area contributed by atoms with Gasteiger partial charge in [0, 0.05) is 13.2 Å². The Hall–Kier alpha value is -1.68. The predicted molar refractivity (Wildman–Crippen MR) is 62.7 cm³/mol. The van der Waals surface area contributed by atoms with Gasteiger partial charge in [0.1, 0.15) is 0 Å². The fourth-order valence-electron chi connectivity index (χ4n) is 1.54. The van der Waals surface area contributed by atoms with Gasteiger partial charge in [0.2, 0.25) is 0 Å². The van der Waals surface area contributed by atoms with Gasteiger partial charge in [-0.3, -0.25) is 9.48 Å². The molecule has 2 rings (SSSR count). The van der Waals surface area contributed by atoms with Gasteiger partial charge in [0.05, 0.1) is 22.7 Å². The summed E-state index contributed by atoms with van der Waals surface area (Å²) in [4.78, 5) is 11.8. The van der Waals surface area contributed by atoms with Crippen molar-refractivity contribution < 1.29 is 9.18 Å². The monoisotopic (exact) mass is 252 g/mol. The van der Waals surface area contributed by atoms with Crippen LogP contribution in [0.5, 0.6) is 0 Å². The molecular weight excluding hydrogens is 243 g/mol. The van der Waals surface area contributed by atoms with Crippen LogP contribution in [0.2, 0.25) is 5.02 Å². The number of benzene rings is 1. The standard InChI is InChI=1S/C12H10ClFN2O/c1-16-6-5-8(15-16)7-11(17)9-3-2-4-10(13)12(9)14/h2-6H,7H2,1H3. The highest BCUT2D eigenvalue weighted by Crippen LogP contribution is 2.19. The molecule has 5 heteroatoms. The molecule has 88 valence electrons. The van der Waals surface area contributed by atoms with E-state index < -0.39 is 5.82 Å². The first-order valence-electron chi connectivity index (χ1n) is 5.03. The van der Waals surface area contributed by atoms with Crippen LogP contribution in [0.15, 0.2) is 30.5 Å². The number of hydrogen-bond donors (Lipinski definition) is 0. The largest absolute Gasteiger partial charge is 0.294 e. The van der Waals surface area contributed by atoms with Crippen LogP contribution < -0.4 is 0 Å². The van der Waals surface area contributed by atoms with E-state index in [1.807, 2.05) is 0 Å². The smallest absolute Gasteiger partial charge is 0.171 e. The van der Waals surface area contributed by atoms with E-state index in [1.54, 1.807) is 30.1 Å². The van der Waals surface area contributed by atoms with Gasteiger partial charge in [-0.05, 0) is 18.2 Å². The number of hydrogen-bond acceptors (Lipinski definition) is 2. The molecule has 0 bridgehead atoms. The summed E-state index contributed by atoms with van der Waals surface area (Å²) >= 11 is 5.62. The van der Waals surface area contributed by atoms with E-state index in [0.29, 0.717) is 5.69 Å². The van der Waals surface area contributed by atoms with Crippen molar-refractivity contribution in [3.8, 4) is 0 Å². The molecule has 0 atom stereocenters. The Bertz CT molecular complexity index is 565. The molecule has 0 radical (unpaired) electrons. The predicted octanol–water partition coefficient (Wildman–Crippen LogP) is 2.64. The number of nitrogens with zero attached hydrogens (tertiary/aromatic N) is 2. The SMILES string of the molecule is Cn1ccc(CC(=O)c2cccc(Cl)c2F)n1. The minimum absolute atomic E-state index is 0.00292. The van der Waals surface area contributed by atoms with E-state index in [-0.39, 0.29) is 22.8 Å². The molecule has 0 amide bonds. The van der Waals surface area contributed by atoms with Crippen molar-refractivity contribution in [3.05, 3.63) is 52.6 Å². The van der Waals surface area contributed by atoms with Gasteiger partial charge in [0.25, 0.3) is 0 Å². The lowest BCUT2D eigenvalue weighted by atomic mass is 10.1. The summed E-state index contributed by atoms with van der Waals surface area (Å²) in [5.41, 5.74) is 0.611.